The minimum atomic E-state index is -0.204. The van der Waals surface area contributed by atoms with Gasteiger partial charge in [-0.3, -0.25) is 0 Å². The van der Waals surface area contributed by atoms with Crippen molar-refractivity contribution in [1.82, 2.24) is 0 Å². The van der Waals surface area contributed by atoms with Crippen LogP contribution in [0, 0.1) is 26.6 Å². The lowest BCUT2D eigenvalue weighted by Gasteiger charge is -2.19. The third-order valence-electron chi connectivity index (χ3n) is 11.6. The highest BCUT2D eigenvalue weighted by Gasteiger charge is 2.12. The first-order valence-corrected chi connectivity index (χ1v) is 25.5. The summed E-state index contributed by atoms with van der Waals surface area (Å²) in [5.74, 6) is 0.411. The summed E-state index contributed by atoms with van der Waals surface area (Å²) in [6.07, 6.45) is 0. The Labute approximate surface area is 450 Å². The second-order valence-corrected chi connectivity index (χ2v) is 20.5. The molecular formula is C73H89F. The summed E-state index contributed by atoms with van der Waals surface area (Å²) in [6, 6.07) is 58.8. The van der Waals surface area contributed by atoms with Gasteiger partial charge in [0.25, 0.3) is 0 Å². The lowest BCUT2D eigenvalue weighted by atomic mass is 9.86. The molecule has 0 aromatic heterocycles. The monoisotopic (exact) mass is 985 g/mol. The van der Waals surface area contributed by atoms with Crippen LogP contribution in [0.15, 0.2) is 222 Å². The van der Waals surface area contributed by atoms with Crippen molar-refractivity contribution in [2.24, 2.45) is 0 Å². The topological polar surface area (TPSA) is 0 Å². The van der Waals surface area contributed by atoms with Crippen LogP contribution in [-0.2, 0) is 5.41 Å². The smallest absolute Gasteiger partial charge is 0.123 e. The van der Waals surface area contributed by atoms with Gasteiger partial charge in [0.2, 0.25) is 0 Å². The van der Waals surface area contributed by atoms with E-state index in [4.69, 9.17) is 0 Å². The summed E-state index contributed by atoms with van der Waals surface area (Å²) in [6.45, 7) is 58.4. The zero-order valence-corrected chi connectivity index (χ0v) is 48.1. The predicted molar refractivity (Wildman–Crippen MR) is 335 cm³/mol. The summed E-state index contributed by atoms with van der Waals surface area (Å²) < 4.78 is 12.3. The van der Waals surface area contributed by atoms with E-state index in [1.165, 1.54) is 73.3 Å². The van der Waals surface area contributed by atoms with Gasteiger partial charge in [0.15, 0.2) is 0 Å². The van der Waals surface area contributed by atoms with Crippen molar-refractivity contribution in [2.75, 3.05) is 0 Å². The van der Waals surface area contributed by atoms with Gasteiger partial charge in [-0.2, -0.15) is 0 Å². The second-order valence-electron chi connectivity index (χ2n) is 20.5. The minimum Gasteiger partial charge on any atom is -0.207 e. The van der Waals surface area contributed by atoms with E-state index in [0.29, 0.717) is 5.92 Å². The van der Waals surface area contributed by atoms with Gasteiger partial charge in [0, 0.05) is 0 Å². The SMILES string of the molecule is C=C(C)c1ccc(C(C)(C)C)cc1.C=C(C)c1ccc(C(C)C)cc1.C=C(C)c1ccc(C)cc1.C=C(C)c1ccc(F)cc1.C=C(C)c1cccc(C)c1.C=C(C)c1ccccc1.C=C(C)c1ccccc1C. The average Bonchev–Trinajstić information content (AvgIpc) is 3.35. The summed E-state index contributed by atoms with van der Waals surface area (Å²) in [5.41, 5.74) is 23.0. The van der Waals surface area contributed by atoms with E-state index in [0.717, 1.165) is 44.6 Å². The van der Waals surface area contributed by atoms with Crippen molar-refractivity contribution in [1.29, 1.82) is 0 Å². The van der Waals surface area contributed by atoms with Gasteiger partial charge in [-0.1, -0.05) is 295 Å². The Hall–Kier alpha value is -7.35. The summed E-state index contributed by atoms with van der Waals surface area (Å²) in [5, 5.41) is 0. The number of allylic oxidation sites excluding steroid dienone is 7. The van der Waals surface area contributed by atoms with Crippen LogP contribution >= 0.6 is 0 Å². The molecule has 7 aromatic rings. The van der Waals surface area contributed by atoms with Crippen LogP contribution in [0.4, 0.5) is 4.39 Å². The van der Waals surface area contributed by atoms with Gasteiger partial charge in [0.05, 0.1) is 0 Å². The van der Waals surface area contributed by atoms with E-state index in [-0.39, 0.29) is 11.2 Å². The van der Waals surface area contributed by atoms with E-state index in [1.54, 1.807) is 12.1 Å². The molecule has 0 amide bonds. The number of halogens is 1. The maximum Gasteiger partial charge on any atom is 0.123 e. The fourth-order valence-corrected chi connectivity index (χ4v) is 6.66. The van der Waals surface area contributed by atoms with Crippen molar-refractivity contribution >= 4 is 39.0 Å². The molecular weight excluding hydrogens is 896 g/mol. The number of hydrogen-bond donors (Lipinski definition) is 0. The molecule has 0 aliphatic rings. The van der Waals surface area contributed by atoms with Crippen molar-refractivity contribution in [2.45, 2.75) is 115 Å². The van der Waals surface area contributed by atoms with E-state index in [9.17, 15) is 4.39 Å². The van der Waals surface area contributed by atoms with E-state index >= 15 is 0 Å². The third kappa shape index (κ3) is 26.4. The Balaban J connectivity index is 0.000000433. The number of hydrogen-bond acceptors (Lipinski definition) is 0. The summed E-state index contributed by atoms with van der Waals surface area (Å²) in [7, 11) is 0. The molecule has 7 aromatic carbocycles. The van der Waals surface area contributed by atoms with Crippen molar-refractivity contribution < 1.29 is 4.39 Å². The molecule has 0 nitrogen and oxygen atoms in total. The lowest BCUT2D eigenvalue weighted by molar-refractivity contribution is 0.590. The molecule has 1 heteroatoms. The standard InChI is InChI=1S/C13H18.C12H16.3C10H12.C9H9F.C9H10/c1-10(2)11-6-8-12(9-7-11)13(3,4)5;1-9(2)11-5-7-12(8-6-11)10(3)4;1-8(2)10-6-4-9(3)5-7-10;1-8(2)10-6-4-5-9(3)7-10;1-8(2)10-7-5-4-6-9(10)3;1-7(2)8-3-5-9(10)6-4-8;1-8(2)9-6-4-3-5-7-9/h6-9H,1H2,2-5H3;5-8,10H,1H2,2-4H3;3*4-7H,1H2,2-3H3;3-6H,1H2,2H3;3-7H,1H2,2H3. The average molecular weight is 986 g/mol. The Morgan fingerprint density at radius 1 is 0.365 bits per heavy atom. The molecule has 388 valence electrons. The Morgan fingerprint density at radius 3 is 1.04 bits per heavy atom. The molecule has 0 saturated heterocycles. The van der Waals surface area contributed by atoms with Crippen LogP contribution in [0.3, 0.4) is 0 Å². The van der Waals surface area contributed by atoms with Crippen LogP contribution in [0.2, 0.25) is 0 Å². The molecule has 0 atom stereocenters. The highest BCUT2D eigenvalue weighted by atomic mass is 19.1. The van der Waals surface area contributed by atoms with Crippen molar-refractivity contribution in [3.8, 4) is 0 Å². The van der Waals surface area contributed by atoms with Crippen LogP contribution in [0.5, 0.6) is 0 Å². The zero-order chi connectivity index (χ0) is 56.1. The van der Waals surface area contributed by atoms with Crippen LogP contribution < -0.4 is 0 Å². The molecule has 0 aliphatic carbocycles. The molecule has 0 saturated carbocycles. The van der Waals surface area contributed by atoms with Gasteiger partial charge in [-0.15, -0.1) is 0 Å². The van der Waals surface area contributed by atoms with Crippen LogP contribution in [-0.4, -0.2) is 0 Å². The zero-order valence-electron chi connectivity index (χ0n) is 48.1. The quantitative estimate of drug-likeness (QED) is 0.142. The molecule has 0 fully saturated rings. The highest BCUT2D eigenvalue weighted by molar-refractivity contribution is 5.65. The molecule has 0 radical (unpaired) electrons. The fraction of sp³-hybridized carbons (Fsp3) is 0.233. The minimum absolute atomic E-state index is 0.204. The van der Waals surface area contributed by atoms with Crippen LogP contribution in [0.1, 0.15) is 156 Å². The molecule has 74 heavy (non-hydrogen) atoms. The summed E-state index contributed by atoms with van der Waals surface area (Å²) >= 11 is 0. The number of rotatable bonds is 8. The van der Waals surface area contributed by atoms with E-state index in [1.807, 2.05) is 78.8 Å². The Bertz CT molecular complexity index is 2780. The molecule has 0 spiro atoms. The predicted octanol–water partition coefficient (Wildman–Crippen LogP) is 22.5. The Morgan fingerprint density at radius 2 is 0.716 bits per heavy atom. The molecule has 0 unspecified atom stereocenters. The molecule has 7 rings (SSSR count). The van der Waals surface area contributed by atoms with Gasteiger partial charge < -0.3 is 0 Å². The first-order valence-electron chi connectivity index (χ1n) is 25.5. The van der Waals surface area contributed by atoms with E-state index in [2.05, 4.69) is 223 Å². The third-order valence-corrected chi connectivity index (χ3v) is 11.6. The van der Waals surface area contributed by atoms with Gasteiger partial charge in [-0.25, -0.2) is 4.39 Å². The fourth-order valence-electron chi connectivity index (χ4n) is 6.66. The second kappa shape index (κ2) is 33.4. The van der Waals surface area contributed by atoms with Gasteiger partial charge >= 0.3 is 0 Å². The number of benzene rings is 7. The highest BCUT2D eigenvalue weighted by Crippen LogP contribution is 2.24. The molecule has 0 aliphatic heterocycles. The molecule has 0 heterocycles. The maximum atomic E-state index is 12.3. The van der Waals surface area contributed by atoms with Crippen molar-refractivity contribution in [3.05, 3.63) is 295 Å². The summed E-state index contributed by atoms with van der Waals surface area (Å²) in [4.78, 5) is 0. The van der Waals surface area contributed by atoms with E-state index < -0.39 is 0 Å². The van der Waals surface area contributed by atoms with Crippen LogP contribution in [0.25, 0.3) is 39.0 Å². The maximum absolute atomic E-state index is 12.3. The lowest BCUT2D eigenvalue weighted by Crippen LogP contribution is -2.10. The molecule has 0 N–H and O–H groups in total. The molecule has 0 bridgehead atoms. The van der Waals surface area contributed by atoms with Crippen molar-refractivity contribution in [3.63, 3.8) is 0 Å². The first-order chi connectivity index (χ1) is 34.6. The first kappa shape index (κ1) is 64.7. The van der Waals surface area contributed by atoms with Gasteiger partial charge in [-0.05, 0) is 148 Å². The number of aryl methyl sites for hydroxylation is 3. The Kier molecular flexibility index (Phi) is 29.2. The van der Waals surface area contributed by atoms with Gasteiger partial charge in [0.1, 0.15) is 5.82 Å². The largest absolute Gasteiger partial charge is 0.207 e. The normalized spacial score (nSPS) is 9.85.